The topological polar surface area (TPSA) is 108 Å². The monoisotopic (exact) mass is 605 g/mol. The van der Waals surface area contributed by atoms with E-state index in [-0.39, 0.29) is 32.1 Å². The Kier molecular flexibility index (Phi) is 9.85. The smallest absolute Gasteiger partial charge is 0.332 e. The zero-order valence-electron chi connectivity index (χ0n) is 24.4. The van der Waals surface area contributed by atoms with E-state index < -0.39 is 17.6 Å². The average Bonchev–Trinajstić information content (AvgIpc) is 3.39. The van der Waals surface area contributed by atoms with Gasteiger partial charge in [-0.15, -0.1) is 21.5 Å². The van der Waals surface area contributed by atoms with Crippen LogP contribution in [-0.2, 0) is 19.1 Å². The maximum atomic E-state index is 13.0. The Morgan fingerprint density at radius 2 is 1.81 bits per heavy atom. The highest BCUT2D eigenvalue weighted by Crippen LogP contribution is 2.39. The second-order valence-electron chi connectivity index (χ2n) is 10.6. The Morgan fingerprint density at radius 1 is 1.10 bits per heavy atom. The van der Waals surface area contributed by atoms with Crippen LogP contribution < -0.4 is 5.32 Å². The highest BCUT2D eigenvalue weighted by molar-refractivity contribution is 7.15. The van der Waals surface area contributed by atoms with Crippen molar-refractivity contribution in [3.8, 4) is 28.7 Å². The molecule has 1 aliphatic rings. The van der Waals surface area contributed by atoms with Crippen molar-refractivity contribution in [3.05, 3.63) is 62.5 Å². The average molecular weight is 606 g/mol. The molecule has 1 amide bonds. The minimum atomic E-state index is -0.564. The molecule has 0 unspecified atom stereocenters. The number of halogens is 1. The van der Waals surface area contributed by atoms with Crippen LogP contribution in [0.15, 0.2) is 29.3 Å². The Balaban J connectivity index is 1.44. The van der Waals surface area contributed by atoms with Crippen LogP contribution in [-0.4, -0.2) is 57.7 Å². The number of thiophene rings is 1. The second kappa shape index (κ2) is 13.3. The number of fused-ring (bicyclic) bond motifs is 3. The predicted molar refractivity (Wildman–Crippen MR) is 163 cm³/mol. The molecule has 1 aromatic carbocycles. The quantitative estimate of drug-likeness (QED) is 0.238. The minimum absolute atomic E-state index is 0.0422. The van der Waals surface area contributed by atoms with E-state index >= 15 is 0 Å². The Morgan fingerprint density at radius 3 is 2.52 bits per heavy atom. The summed E-state index contributed by atoms with van der Waals surface area (Å²) in [7, 11) is 0. The number of carbonyl (C=O) groups excluding carboxylic acids is 2. The first-order chi connectivity index (χ1) is 19.9. The molecule has 3 aromatic rings. The lowest BCUT2D eigenvalue weighted by atomic mass is 9.99. The van der Waals surface area contributed by atoms with Crippen LogP contribution in [0.1, 0.15) is 66.5 Å². The lowest BCUT2D eigenvalue weighted by Gasteiger charge is -2.19. The highest BCUT2D eigenvalue weighted by Gasteiger charge is 2.32. The largest absolute Gasteiger partial charge is 0.458 e. The Bertz CT molecular complexity index is 1640. The Labute approximate surface area is 254 Å². The molecular weight excluding hydrogens is 574 g/mol. The molecule has 218 valence electrons. The molecule has 4 rings (SSSR count). The number of carbonyl (C=O) groups is 2. The molecule has 11 heteroatoms. The van der Waals surface area contributed by atoms with E-state index in [0.29, 0.717) is 10.8 Å². The molecule has 3 heterocycles. The van der Waals surface area contributed by atoms with Crippen molar-refractivity contribution in [1.29, 1.82) is 0 Å². The fraction of sp³-hybridized carbons (Fsp3) is 0.387. The van der Waals surface area contributed by atoms with Crippen molar-refractivity contribution < 1.29 is 19.1 Å². The Hall–Kier alpha value is -3.96. The first-order valence-corrected chi connectivity index (χ1v) is 14.5. The summed E-state index contributed by atoms with van der Waals surface area (Å²) >= 11 is 7.83. The van der Waals surface area contributed by atoms with Crippen LogP contribution in [0.5, 0.6) is 0 Å². The summed E-state index contributed by atoms with van der Waals surface area (Å²) in [4.78, 5) is 30.9. The number of nitrogens with zero attached hydrogens (tertiary/aromatic N) is 4. The van der Waals surface area contributed by atoms with Gasteiger partial charge in [-0.05, 0) is 71.1 Å². The van der Waals surface area contributed by atoms with Gasteiger partial charge in [-0.3, -0.25) is 14.4 Å². The molecule has 0 fully saturated rings. The van der Waals surface area contributed by atoms with E-state index in [0.717, 1.165) is 33.2 Å². The molecule has 1 aliphatic heterocycles. The number of aliphatic imine (C=N–C) groups is 1. The van der Waals surface area contributed by atoms with Crippen molar-refractivity contribution in [2.24, 2.45) is 4.99 Å². The van der Waals surface area contributed by atoms with Crippen molar-refractivity contribution in [3.63, 3.8) is 0 Å². The van der Waals surface area contributed by atoms with Gasteiger partial charge in [-0.25, -0.2) is 4.79 Å². The number of amides is 1. The number of aryl methyl sites for hydroxylation is 2. The number of hydrogen-bond donors (Lipinski definition) is 1. The fourth-order valence-corrected chi connectivity index (χ4v) is 5.59. The minimum Gasteiger partial charge on any atom is -0.458 e. The molecule has 1 atom stereocenters. The summed E-state index contributed by atoms with van der Waals surface area (Å²) in [6.07, 6.45) is 0.0635. The lowest BCUT2D eigenvalue weighted by molar-refractivity contribution is -0.159. The standard InChI is InChI=1S/C31H32ClN5O4S/c1-19-20(2)42-30-27(19)28(22-11-13-23(32)14-12-22)34-24(29-36-35-21(3)37(29)30)17-25(38)33-15-9-7-8-10-16-40-18-26(39)41-31(4,5)6/h11-14,24H,15-18H2,1-6H3,(H,33,38)/t24-/m0/s1. The number of aromatic nitrogens is 3. The van der Waals surface area contributed by atoms with Gasteiger partial charge in [0.1, 0.15) is 35.7 Å². The van der Waals surface area contributed by atoms with Gasteiger partial charge in [0.2, 0.25) is 5.91 Å². The number of ether oxygens (including phenoxy) is 2. The summed E-state index contributed by atoms with van der Waals surface area (Å²) in [6.45, 7) is 11.4. The molecule has 1 N–H and O–H groups in total. The molecule has 0 spiro atoms. The van der Waals surface area contributed by atoms with Gasteiger partial charge < -0.3 is 14.8 Å². The SMILES string of the molecule is Cc1sc2c(c1C)C(c1ccc(Cl)cc1)=N[C@@H](CC(=O)NCC#CC#CCOCC(=O)OC(C)(C)C)c1nnc(C)n1-2. The van der Waals surface area contributed by atoms with Crippen LogP contribution in [0.4, 0.5) is 0 Å². The van der Waals surface area contributed by atoms with Crippen molar-refractivity contribution in [1.82, 2.24) is 20.1 Å². The molecule has 0 radical (unpaired) electrons. The van der Waals surface area contributed by atoms with E-state index in [1.54, 1.807) is 32.1 Å². The van der Waals surface area contributed by atoms with E-state index in [2.05, 4.69) is 53.0 Å². The van der Waals surface area contributed by atoms with Crippen molar-refractivity contribution in [2.75, 3.05) is 19.8 Å². The summed E-state index contributed by atoms with van der Waals surface area (Å²) in [5, 5.41) is 13.2. The molecule has 0 aliphatic carbocycles. The van der Waals surface area contributed by atoms with Crippen LogP contribution in [0.3, 0.4) is 0 Å². The zero-order chi connectivity index (χ0) is 30.4. The fourth-order valence-electron chi connectivity index (χ4n) is 4.25. The van der Waals surface area contributed by atoms with E-state index in [9.17, 15) is 9.59 Å². The van der Waals surface area contributed by atoms with Gasteiger partial charge in [-0.1, -0.05) is 35.6 Å². The third kappa shape index (κ3) is 7.65. The number of nitrogens with one attached hydrogen (secondary N) is 1. The molecule has 2 aromatic heterocycles. The first-order valence-electron chi connectivity index (χ1n) is 13.3. The maximum absolute atomic E-state index is 13.0. The molecular formula is C31H32ClN5O4S. The predicted octanol–water partition coefficient (Wildman–Crippen LogP) is 4.67. The molecule has 0 saturated carbocycles. The lowest BCUT2D eigenvalue weighted by Crippen LogP contribution is -2.26. The van der Waals surface area contributed by atoms with Crippen LogP contribution in [0.2, 0.25) is 5.02 Å². The first kappa shape index (κ1) is 31.0. The van der Waals surface area contributed by atoms with Gasteiger partial charge in [0.25, 0.3) is 0 Å². The van der Waals surface area contributed by atoms with E-state index in [4.69, 9.17) is 26.1 Å². The number of rotatable bonds is 7. The molecule has 9 nitrogen and oxygen atoms in total. The van der Waals surface area contributed by atoms with Gasteiger partial charge in [0, 0.05) is 21.0 Å². The van der Waals surface area contributed by atoms with Gasteiger partial charge >= 0.3 is 5.97 Å². The van der Waals surface area contributed by atoms with Crippen molar-refractivity contribution >= 4 is 40.5 Å². The molecule has 42 heavy (non-hydrogen) atoms. The van der Waals surface area contributed by atoms with E-state index in [1.807, 2.05) is 35.8 Å². The summed E-state index contributed by atoms with van der Waals surface area (Å²) in [6, 6.07) is 6.98. The van der Waals surface area contributed by atoms with Crippen LogP contribution in [0, 0.1) is 44.5 Å². The summed E-state index contributed by atoms with van der Waals surface area (Å²) < 4.78 is 12.3. The van der Waals surface area contributed by atoms with Crippen LogP contribution in [0.25, 0.3) is 5.00 Å². The normalized spacial score (nSPS) is 13.8. The van der Waals surface area contributed by atoms with Gasteiger partial charge in [0.05, 0.1) is 18.7 Å². The molecule has 0 bridgehead atoms. The summed E-state index contributed by atoms with van der Waals surface area (Å²) in [5.74, 6) is 11.5. The third-order valence-electron chi connectivity index (χ3n) is 6.16. The van der Waals surface area contributed by atoms with E-state index in [1.165, 1.54) is 4.88 Å². The van der Waals surface area contributed by atoms with Crippen LogP contribution >= 0.6 is 22.9 Å². The number of esters is 1. The zero-order valence-corrected chi connectivity index (χ0v) is 26.0. The van der Waals surface area contributed by atoms with Gasteiger partial charge in [0.15, 0.2) is 5.82 Å². The third-order valence-corrected chi connectivity index (χ3v) is 7.61. The molecule has 0 saturated heterocycles. The van der Waals surface area contributed by atoms with Gasteiger partial charge in [-0.2, -0.15) is 0 Å². The summed E-state index contributed by atoms with van der Waals surface area (Å²) in [5.41, 5.74) is 3.26. The maximum Gasteiger partial charge on any atom is 0.332 e. The second-order valence-corrected chi connectivity index (χ2v) is 12.2. The number of benzene rings is 1. The van der Waals surface area contributed by atoms with Crippen molar-refractivity contribution in [2.45, 2.75) is 59.6 Å². The highest BCUT2D eigenvalue weighted by atomic mass is 35.5. The number of hydrogen-bond acceptors (Lipinski definition) is 8.